The summed E-state index contributed by atoms with van der Waals surface area (Å²) in [6.07, 6.45) is 21.2. The van der Waals surface area contributed by atoms with Gasteiger partial charge in [0.2, 0.25) is 0 Å². The largest absolute Gasteiger partial charge is 0.253 e. The Balaban J connectivity index is -0.000000414. The van der Waals surface area contributed by atoms with Crippen LogP contribution in [0.4, 0.5) is 0 Å². The van der Waals surface area contributed by atoms with Gasteiger partial charge in [0.05, 0.1) is 5.70 Å². The molecule has 0 radical (unpaired) electrons. The van der Waals surface area contributed by atoms with Crippen molar-refractivity contribution in [3.8, 4) is 0 Å². The molecule has 0 heterocycles. The van der Waals surface area contributed by atoms with Crippen molar-refractivity contribution in [2.45, 2.75) is 120 Å². The van der Waals surface area contributed by atoms with E-state index >= 15 is 0 Å². The molecule has 1 atom stereocenters. The standard InChI is InChI=1S/C13H21N.C12H24.C2H6/c1-5-9-10-12(6-2)11-14-13(7-3)8-4;1-4-6-8-10-12(3)11-9-7-5-2;1-2/h6,11H,3,5,8-10H2,1-2,4H3;8,10,12H,4-7,9,11H2,1-3H3;1-2H3/b12-6-,14-11?;;. The van der Waals surface area contributed by atoms with Crippen LogP contribution >= 0.6 is 0 Å². The summed E-state index contributed by atoms with van der Waals surface area (Å²) in [5.41, 5.74) is 5.06. The summed E-state index contributed by atoms with van der Waals surface area (Å²) >= 11 is 0. The molecule has 0 rings (SSSR count). The van der Waals surface area contributed by atoms with Crippen LogP contribution in [0.25, 0.3) is 0 Å². The monoisotopic (exact) mass is 389 g/mol. The van der Waals surface area contributed by atoms with E-state index in [4.69, 9.17) is 0 Å². The first-order valence-corrected chi connectivity index (χ1v) is 11.8. The number of nitrogens with zero attached hydrogens (tertiary/aromatic N) is 1. The summed E-state index contributed by atoms with van der Waals surface area (Å²) in [6.45, 7) is 20.7. The highest BCUT2D eigenvalue weighted by atomic mass is 14.7. The molecular formula is C27H51N. The molecule has 1 heteroatoms. The number of hydrogen-bond donors (Lipinski definition) is 0. The van der Waals surface area contributed by atoms with E-state index in [0.717, 1.165) is 24.5 Å². The highest BCUT2D eigenvalue weighted by Gasteiger charge is 1.95. The van der Waals surface area contributed by atoms with Gasteiger partial charge in [-0.3, -0.25) is 4.99 Å². The molecule has 0 spiro atoms. The minimum absolute atomic E-state index is 0.795. The normalized spacial score (nSPS) is 12.1. The second kappa shape index (κ2) is 27.9. The molecule has 0 aromatic rings. The maximum atomic E-state index is 4.33. The SMILES string of the molecule is C=C=C(CC)N=C/C(=C\C)CCCC.CC.CCCC=CC(C)CCCCC. The van der Waals surface area contributed by atoms with Crippen molar-refractivity contribution >= 4 is 6.21 Å². The van der Waals surface area contributed by atoms with Crippen LogP contribution in [-0.2, 0) is 0 Å². The van der Waals surface area contributed by atoms with Gasteiger partial charge >= 0.3 is 0 Å². The fraction of sp³-hybridized carbons (Fsp3) is 0.704. The highest BCUT2D eigenvalue weighted by molar-refractivity contribution is 5.79. The highest BCUT2D eigenvalue weighted by Crippen LogP contribution is 2.11. The number of unbranched alkanes of at least 4 members (excludes halogenated alkanes) is 4. The van der Waals surface area contributed by atoms with Crippen LogP contribution in [0.1, 0.15) is 120 Å². The molecule has 0 saturated heterocycles. The topological polar surface area (TPSA) is 12.4 Å². The van der Waals surface area contributed by atoms with Gasteiger partial charge in [-0.1, -0.05) is 105 Å². The van der Waals surface area contributed by atoms with Crippen LogP contribution in [0.3, 0.4) is 0 Å². The second-order valence-corrected chi connectivity index (χ2v) is 6.89. The molecular weight excluding hydrogens is 338 g/mol. The fourth-order valence-corrected chi connectivity index (χ4v) is 2.39. The van der Waals surface area contributed by atoms with Crippen molar-refractivity contribution in [1.29, 1.82) is 0 Å². The van der Waals surface area contributed by atoms with Gasteiger partial charge in [-0.15, -0.1) is 5.73 Å². The summed E-state index contributed by atoms with van der Waals surface area (Å²) in [5, 5.41) is 0. The van der Waals surface area contributed by atoms with Gasteiger partial charge in [-0.2, -0.15) is 0 Å². The van der Waals surface area contributed by atoms with E-state index in [9.17, 15) is 0 Å². The Morgan fingerprint density at radius 3 is 2.11 bits per heavy atom. The van der Waals surface area contributed by atoms with E-state index in [1.807, 2.05) is 20.1 Å². The second-order valence-electron chi connectivity index (χ2n) is 6.89. The van der Waals surface area contributed by atoms with Crippen LogP contribution in [0.2, 0.25) is 0 Å². The predicted octanol–water partition coefficient (Wildman–Crippen LogP) is 9.86. The molecule has 0 aliphatic heterocycles. The average molecular weight is 390 g/mol. The van der Waals surface area contributed by atoms with Gasteiger partial charge in [0.25, 0.3) is 0 Å². The maximum Gasteiger partial charge on any atom is 0.0811 e. The Morgan fingerprint density at radius 2 is 1.64 bits per heavy atom. The zero-order valence-corrected chi connectivity index (χ0v) is 20.6. The third-order valence-electron chi connectivity index (χ3n) is 4.30. The van der Waals surface area contributed by atoms with E-state index < -0.39 is 0 Å². The minimum atomic E-state index is 0.795. The molecule has 0 bridgehead atoms. The molecule has 0 fully saturated rings. The lowest BCUT2D eigenvalue weighted by molar-refractivity contribution is 0.574. The summed E-state index contributed by atoms with van der Waals surface area (Å²) in [5.74, 6) is 0.795. The van der Waals surface area contributed by atoms with E-state index in [-0.39, 0.29) is 0 Å². The smallest absolute Gasteiger partial charge is 0.0811 e. The zero-order chi connectivity index (χ0) is 22.0. The van der Waals surface area contributed by atoms with Gasteiger partial charge in [0.1, 0.15) is 0 Å². The number of hydrogen-bond acceptors (Lipinski definition) is 1. The molecule has 0 amide bonds. The minimum Gasteiger partial charge on any atom is -0.253 e. The van der Waals surface area contributed by atoms with Crippen LogP contribution in [0.5, 0.6) is 0 Å². The molecule has 0 N–H and O–H groups in total. The predicted molar refractivity (Wildman–Crippen MR) is 133 cm³/mol. The van der Waals surface area contributed by atoms with Gasteiger partial charge in [0.15, 0.2) is 0 Å². The maximum absolute atomic E-state index is 4.33. The molecule has 0 aromatic carbocycles. The average Bonchev–Trinajstić information content (AvgIpc) is 2.73. The van der Waals surface area contributed by atoms with E-state index in [2.05, 4.69) is 77.1 Å². The Kier molecular flexibility index (Phi) is 31.2. The molecule has 0 aliphatic carbocycles. The van der Waals surface area contributed by atoms with E-state index in [1.54, 1.807) is 0 Å². The quantitative estimate of drug-likeness (QED) is 0.129. The molecule has 164 valence electrons. The molecule has 1 nitrogen and oxygen atoms in total. The Hall–Kier alpha value is -1.33. The Morgan fingerprint density at radius 1 is 1.00 bits per heavy atom. The molecule has 0 saturated carbocycles. The van der Waals surface area contributed by atoms with Crippen molar-refractivity contribution in [1.82, 2.24) is 0 Å². The lowest BCUT2D eigenvalue weighted by Crippen LogP contribution is -1.88. The van der Waals surface area contributed by atoms with Crippen molar-refractivity contribution in [2.24, 2.45) is 10.9 Å². The van der Waals surface area contributed by atoms with Crippen molar-refractivity contribution < 1.29 is 0 Å². The lowest BCUT2D eigenvalue weighted by Gasteiger charge is -2.04. The lowest BCUT2D eigenvalue weighted by atomic mass is 10.0. The van der Waals surface area contributed by atoms with Crippen LogP contribution in [-0.4, -0.2) is 6.21 Å². The molecule has 0 aromatic heterocycles. The summed E-state index contributed by atoms with van der Waals surface area (Å²) in [6, 6.07) is 0. The first-order valence-electron chi connectivity index (χ1n) is 11.8. The number of rotatable bonds is 13. The third-order valence-corrected chi connectivity index (χ3v) is 4.30. The van der Waals surface area contributed by atoms with Crippen LogP contribution < -0.4 is 0 Å². The first kappa shape index (κ1) is 31.4. The van der Waals surface area contributed by atoms with Crippen molar-refractivity contribution in [2.75, 3.05) is 0 Å². The zero-order valence-electron chi connectivity index (χ0n) is 20.6. The number of allylic oxidation sites excluding steroid dienone is 5. The van der Waals surface area contributed by atoms with E-state index in [0.29, 0.717) is 0 Å². The van der Waals surface area contributed by atoms with E-state index in [1.165, 1.54) is 56.9 Å². The fourth-order valence-electron chi connectivity index (χ4n) is 2.39. The van der Waals surface area contributed by atoms with Crippen molar-refractivity contribution in [3.05, 3.63) is 41.8 Å². The molecule has 1 unspecified atom stereocenters. The molecule has 28 heavy (non-hydrogen) atoms. The van der Waals surface area contributed by atoms with Gasteiger partial charge in [-0.05, 0) is 50.5 Å². The Bertz CT molecular complexity index is 433. The van der Waals surface area contributed by atoms with Gasteiger partial charge < -0.3 is 0 Å². The number of aliphatic imine (C=N–C) groups is 1. The van der Waals surface area contributed by atoms with Crippen LogP contribution in [0.15, 0.2) is 46.8 Å². The van der Waals surface area contributed by atoms with Crippen LogP contribution in [0, 0.1) is 5.92 Å². The molecule has 0 aliphatic rings. The summed E-state index contributed by atoms with van der Waals surface area (Å²) in [4.78, 5) is 4.33. The Labute approximate surface area is 178 Å². The van der Waals surface area contributed by atoms with Gasteiger partial charge in [0, 0.05) is 6.21 Å². The first-order chi connectivity index (χ1) is 13.6. The van der Waals surface area contributed by atoms with Gasteiger partial charge in [-0.25, -0.2) is 0 Å². The summed E-state index contributed by atoms with van der Waals surface area (Å²) < 4.78 is 0. The third kappa shape index (κ3) is 24.7. The van der Waals surface area contributed by atoms with Crippen molar-refractivity contribution in [3.63, 3.8) is 0 Å². The summed E-state index contributed by atoms with van der Waals surface area (Å²) in [7, 11) is 0.